The fraction of sp³-hybridized carbons (Fsp3) is 0.773. The molecule has 1 amide bonds. The molecule has 0 fully saturated rings. The van der Waals surface area contributed by atoms with Crippen LogP contribution in [0.2, 0.25) is 0 Å². The number of amides is 1. The number of anilines is 1. The Bertz CT molecular complexity index is 637. The number of hydrogen-bond donors (Lipinski definition) is 4. The van der Waals surface area contributed by atoms with Gasteiger partial charge in [-0.3, -0.25) is 10.2 Å². The predicted molar refractivity (Wildman–Crippen MR) is 126 cm³/mol. The number of carbonyl (C=O) groups excluding carboxylic acids is 1. The van der Waals surface area contributed by atoms with Crippen LogP contribution >= 0.6 is 0 Å². The summed E-state index contributed by atoms with van der Waals surface area (Å²) in [4.78, 5) is 15.8. The van der Waals surface area contributed by atoms with Crippen molar-refractivity contribution in [3.8, 4) is 0 Å². The smallest absolute Gasteiger partial charge is 0.269 e. The van der Waals surface area contributed by atoms with Gasteiger partial charge in [0.15, 0.2) is 11.5 Å². The highest BCUT2D eigenvalue weighted by atomic mass is 16.1. The summed E-state index contributed by atoms with van der Waals surface area (Å²) in [6, 6.07) is 0. The van der Waals surface area contributed by atoms with E-state index in [1.54, 1.807) is 19.7 Å². The van der Waals surface area contributed by atoms with Gasteiger partial charge in [0.1, 0.15) is 6.34 Å². The van der Waals surface area contributed by atoms with Crippen LogP contribution in [0, 0.1) is 0 Å². The summed E-state index contributed by atoms with van der Waals surface area (Å²) in [5.74, 6) is 0.140. The fourth-order valence-corrected chi connectivity index (χ4v) is 4.01. The lowest BCUT2D eigenvalue weighted by Gasteiger charge is -2.13. The van der Waals surface area contributed by atoms with Crippen LogP contribution in [-0.4, -0.2) is 40.5 Å². The van der Waals surface area contributed by atoms with E-state index in [9.17, 15) is 4.79 Å². The van der Waals surface area contributed by atoms with E-state index in [2.05, 4.69) is 26.4 Å². The van der Waals surface area contributed by atoms with Crippen LogP contribution in [0.3, 0.4) is 0 Å². The molecule has 0 bridgehead atoms. The van der Waals surface area contributed by atoms with Crippen molar-refractivity contribution in [1.82, 2.24) is 25.6 Å². The van der Waals surface area contributed by atoms with Crippen molar-refractivity contribution in [2.45, 2.75) is 96.4 Å². The minimum atomic E-state index is -0.426. The van der Waals surface area contributed by atoms with Gasteiger partial charge in [-0.15, -0.1) is 5.12 Å². The standard InChI is InChI=1S/C22H42N8O/c1-24-22-20(21(23)31)29(19-25-22)16-14-12-10-8-6-4-2-3-5-7-9-11-13-15-17-30-27-18-26-28-30/h18-19,24,28H,2-17H2,1H3,(H2,23,31)(H,26,27). The van der Waals surface area contributed by atoms with Gasteiger partial charge in [0.05, 0.1) is 6.33 Å². The Morgan fingerprint density at radius 3 is 1.87 bits per heavy atom. The molecule has 0 saturated heterocycles. The number of nitrogens with zero attached hydrogens (tertiary/aromatic N) is 4. The SMILES string of the molecule is CNc1ncn(CCCCCCCCCCCCCCCCN2NC=NN2)c1C(N)=O. The van der Waals surface area contributed by atoms with Crippen LogP contribution in [-0.2, 0) is 6.54 Å². The van der Waals surface area contributed by atoms with Gasteiger partial charge in [0, 0.05) is 20.1 Å². The molecule has 1 aliphatic heterocycles. The molecule has 9 heteroatoms. The largest absolute Gasteiger partial charge is 0.371 e. The van der Waals surface area contributed by atoms with Gasteiger partial charge in [-0.05, 0) is 12.8 Å². The van der Waals surface area contributed by atoms with Crippen molar-refractivity contribution in [1.29, 1.82) is 0 Å². The molecule has 2 rings (SSSR count). The maximum absolute atomic E-state index is 11.6. The second kappa shape index (κ2) is 15.5. The lowest BCUT2D eigenvalue weighted by molar-refractivity contribution is 0.0992. The third-order valence-corrected chi connectivity index (χ3v) is 5.80. The maximum atomic E-state index is 11.6. The summed E-state index contributed by atoms with van der Waals surface area (Å²) in [5, 5.41) is 8.73. The van der Waals surface area contributed by atoms with Crippen molar-refractivity contribution in [2.24, 2.45) is 10.8 Å². The number of aryl methyl sites for hydroxylation is 1. The molecular weight excluding hydrogens is 392 g/mol. The topological polar surface area (TPSA) is 113 Å². The van der Waals surface area contributed by atoms with E-state index >= 15 is 0 Å². The highest BCUT2D eigenvalue weighted by Gasteiger charge is 2.14. The Morgan fingerprint density at radius 2 is 1.42 bits per heavy atom. The lowest BCUT2D eigenvalue weighted by Crippen LogP contribution is -2.39. The zero-order valence-corrected chi connectivity index (χ0v) is 19.2. The van der Waals surface area contributed by atoms with Crippen molar-refractivity contribution in [2.75, 3.05) is 18.9 Å². The van der Waals surface area contributed by atoms with Gasteiger partial charge >= 0.3 is 0 Å². The summed E-state index contributed by atoms with van der Waals surface area (Å²) in [6.07, 6.45) is 21.6. The number of hydrogen-bond acceptors (Lipinski definition) is 7. The summed E-state index contributed by atoms with van der Waals surface area (Å²) in [6.45, 7) is 1.79. The normalized spacial score (nSPS) is 13.3. The third-order valence-electron chi connectivity index (χ3n) is 5.80. The molecule has 176 valence electrons. The second-order valence-corrected chi connectivity index (χ2v) is 8.34. The Hall–Kier alpha value is -2.29. The number of unbranched alkanes of at least 4 members (excludes halogenated alkanes) is 13. The van der Waals surface area contributed by atoms with Gasteiger partial charge in [-0.25, -0.2) is 10.5 Å². The van der Waals surface area contributed by atoms with Crippen LogP contribution < -0.4 is 22.0 Å². The molecule has 0 spiro atoms. The van der Waals surface area contributed by atoms with Crippen LogP contribution in [0.5, 0.6) is 0 Å². The molecule has 1 aliphatic rings. The highest BCUT2D eigenvalue weighted by molar-refractivity contribution is 5.95. The van der Waals surface area contributed by atoms with E-state index in [0.29, 0.717) is 11.5 Å². The number of nitrogens with one attached hydrogen (secondary N) is 3. The Balaban J connectivity index is 1.32. The predicted octanol–water partition coefficient (Wildman–Crippen LogP) is 3.75. The van der Waals surface area contributed by atoms with Gasteiger partial charge in [-0.1, -0.05) is 77.0 Å². The number of rotatable bonds is 19. The number of hydrazine groups is 2. The monoisotopic (exact) mass is 434 g/mol. The van der Waals surface area contributed by atoms with E-state index in [4.69, 9.17) is 5.73 Å². The number of imidazole rings is 1. The molecule has 0 unspecified atom stereocenters. The molecule has 0 saturated carbocycles. The summed E-state index contributed by atoms with van der Waals surface area (Å²) in [7, 11) is 1.75. The average Bonchev–Trinajstić information content (AvgIpc) is 3.43. The average molecular weight is 435 g/mol. The van der Waals surface area contributed by atoms with E-state index < -0.39 is 5.91 Å². The van der Waals surface area contributed by atoms with Gasteiger partial charge in [0.2, 0.25) is 0 Å². The molecule has 1 aromatic rings. The van der Waals surface area contributed by atoms with Crippen molar-refractivity contribution >= 4 is 18.1 Å². The fourth-order valence-electron chi connectivity index (χ4n) is 4.01. The molecule has 0 aliphatic carbocycles. The van der Waals surface area contributed by atoms with Crippen LogP contribution in [0.15, 0.2) is 11.4 Å². The molecule has 1 aromatic heterocycles. The van der Waals surface area contributed by atoms with Crippen LogP contribution in [0.25, 0.3) is 0 Å². The molecule has 0 radical (unpaired) electrons. The summed E-state index contributed by atoms with van der Waals surface area (Å²) < 4.78 is 1.87. The van der Waals surface area contributed by atoms with Crippen LogP contribution in [0.1, 0.15) is 100 Å². The highest BCUT2D eigenvalue weighted by Crippen LogP contribution is 2.15. The molecule has 5 N–H and O–H groups in total. The van der Waals surface area contributed by atoms with E-state index in [-0.39, 0.29) is 0 Å². The number of hydrazone groups is 1. The number of carbonyl (C=O) groups is 1. The molecular formula is C22H42N8O. The van der Waals surface area contributed by atoms with Gasteiger partial charge in [-0.2, -0.15) is 5.10 Å². The number of primary amides is 1. The third kappa shape index (κ3) is 10.0. The first-order valence-corrected chi connectivity index (χ1v) is 12.1. The Labute approximate surface area is 187 Å². The van der Waals surface area contributed by atoms with E-state index in [1.807, 2.05) is 9.69 Å². The number of aromatic nitrogens is 2. The molecule has 0 atom stereocenters. The summed E-state index contributed by atoms with van der Waals surface area (Å²) >= 11 is 0. The van der Waals surface area contributed by atoms with Crippen LogP contribution in [0.4, 0.5) is 5.82 Å². The van der Waals surface area contributed by atoms with Crippen molar-refractivity contribution in [3.05, 3.63) is 12.0 Å². The quantitative estimate of drug-likeness (QED) is 0.247. The zero-order chi connectivity index (χ0) is 22.2. The number of nitrogens with two attached hydrogens (primary N) is 1. The summed E-state index contributed by atoms with van der Waals surface area (Å²) in [5.41, 5.74) is 11.9. The Kier molecular flexibility index (Phi) is 12.5. The molecule has 9 nitrogen and oxygen atoms in total. The zero-order valence-electron chi connectivity index (χ0n) is 19.2. The Morgan fingerprint density at radius 1 is 0.903 bits per heavy atom. The van der Waals surface area contributed by atoms with Crippen molar-refractivity contribution < 1.29 is 4.79 Å². The van der Waals surface area contributed by atoms with Gasteiger partial charge in [0.25, 0.3) is 5.91 Å². The first-order valence-electron chi connectivity index (χ1n) is 12.1. The molecule has 31 heavy (non-hydrogen) atoms. The first kappa shape index (κ1) is 25.0. The molecule has 0 aromatic carbocycles. The van der Waals surface area contributed by atoms with E-state index in [1.165, 1.54) is 83.5 Å². The second-order valence-electron chi connectivity index (χ2n) is 8.34. The van der Waals surface area contributed by atoms with Crippen molar-refractivity contribution in [3.63, 3.8) is 0 Å². The lowest BCUT2D eigenvalue weighted by atomic mass is 10.0. The first-order chi connectivity index (χ1) is 15.2. The minimum absolute atomic E-state index is 0.426. The molecule has 2 heterocycles. The minimum Gasteiger partial charge on any atom is -0.371 e. The maximum Gasteiger partial charge on any atom is 0.269 e. The van der Waals surface area contributed by atoms with Gasteiger partial charge < -0.3 is 15.6 Å². The van der Waals surface area contributed by atoms with E-state index in [0.717, 1.165) is 19.5 Å².